The van der Waals surface area contributed by atoms with Crippen LogP contribution in [0.4, 0.5) is 14.6 Å². The first-order valence-corrected chi connectivity index (χ1v) is 8.51. The van der Waals surface area contributed by atoms with E-state index in [1.165, 1.54) is 29.5 Å². The van der Waals surface area contributed by atoms with Crippen LogP contribution in [0.5, 0.6) is 0 Å². The zero-order chi connectivity index (χ0) is 19.4. The highest BCUT2D eigenvalue weighted by Gasteiger charge is 2.34. The third-order valence-electron chi connectivity index (χ3n) is 4.84. The van der Waals surface area contributed by atoms with E-state index >= 15 is 0 Å². The normalized spacial score (nSPS) is 16.2. The van der Waals surface area contributed by atoms with Crippen molar-refractivity contribution < 1.29 is 13.6 Å². The molecule has 0 unspecified atom stereocenters. The van der Waals surface area contributed by atoms with Crippen LogP contribution in [-0.2, 0) is 4.79 Å². The fourth-order valence-corrected chi connectivity index (χ4v) is 3.66. The summed E-state index contributed by atoms with van der Waals surface area (Å²) < 4.78 is 29.3. The number of fused-ring (bicyclic) bond motifs is 2. The van der Waals surface area contributed by atoms with Gasteiger partial charge >= 0.3 is 0 Å². The maximum absolute atomic E-state index is 14.5. The molecule has 2 N–H and O–H groups in total. The molecule has 28 heavy (non-hydrogen) atoms. The molecule has 0 bridgehead atoms. The van der Waals surface area contributed by atoms with Gasteiger partial charge in [0, 0.05) is 24.0 Å². The van der Waals surface area contributed by atoms with Crippen molar-refractivity contribution >= 4 is 22.9 Å². The maximum atomic E-state index is 14.5. The Morgan fingerprint density at radius 1 is 1.21 bits per heavy atom. The van der Waals surface area contributed by atoms with Crippen LogP contribution in [0.15, 0.2) is 30.9 Å². The third kappa shape index (κ3) is 2.38. The van der Waals surface area contributed by atoms with Crippen molar-refractivity contribution in [1.29, 1.82) is 0 Å². The Morgan fingerprint density at radius 2 is 2.07 bits per heavy atom. The van der Waals surface area contributed by atoms with Gasteiger partial charge in [0.1, 0.15) is 29.3 Å². The number of amides is 1. The Labute approximate surface area is 156 Å². The molecular weight excluding hydrogens is 368 g/mol. The number of nitrogens with zero attached hydrogens (tertiary/aromatic N) is 5. The molecule has 0 fully saturated rings. The molecule has 0 radical (unpaired) electrons. The van der Waals surface area contributed by atoms with E-state index in [0.29, 0.717) is 34.1 Å². The number of aromatic nitrogens is 6. The first-order chi connectivity index (χ1) is 13.5. The van der Waals surface area contributed by atoms with Gasteiger partial charge in [-0.1, -0.05) is 6.07 Å². The monoisotopic (exact) mass is 381 g/mol. The fourth-order valence-electron chi connectivity index (χ4n) is 3.66. The number of aromatic amines is 1. The standard InChI is InChI=1S/C18H13F2N7O/c1-8-14-11(10-3-2-9(19)4-12(10)20)5-13(28)25-17(14)27(26-8)18-15-16(22-6-21-15)23-7-24-18/h2-4,6-7,11H,5H2,1H3,(H,25,28)(H,21,22,23,24)/t11-/m0/s1. The minimum Gasteiger partial charge on any atom is -0.340 e. The average Bonchev–Trinajstić information content (AvgIpc) is 3.26. The van der Waals surface area contributed by atoms with Crippen LogP contribution in [0.1, 0.15) is 29.2 Å². The number of carbonyl (C=O) groups is 1. The largest absolute Gasteiger partial charge is 0.340 e. The number of imidazole rings is 1. The number of carbonyl (C=O) groups excluding carboxylic acids is 1. The number of aryl methyl sites for hydroxylation is 1. The second kappa shape index (κ2) is 5.91. The van der Waals surface area contributed by atoms with Gasteiger partial charge < -0.3 is 10.3 Å². The van der Waals surface area contributed by atoms with Gasteiger partial charge in [0.25, 0.3) is 0 Å². The Kier molecular flexibility index (Phi) is 3.48. The minimum absolute atomic E-state index is 0.0331. The number of anilines is 1. The van der Waals surface area contributed by atoms with Crippen molar-refractivity contribution in [2.45, 2.75) is 19.3 Å². The van der Waals surface area contributed by atoms with Crippen molar-refractivity contribution in [3.63, 3.8) is 0 Å². The van der Waals surface area contributed by atoms with E-state index < -0.39 is 17.6 Å². The predicted octanol–water partition coefficient (Wildman–Crippen LogP) is 2.60. The van der Waals surface area contributed by atoms with Gasteiger partial charge in [-0.3, -0.25) is 4.79 Å². The molecule has 3 aromatic heterocycles. The van der Waals surface area contributed by atoms with Gasteiger partial charge in [0.15, 0.2) is 11.5 Å². The maximum Gasteiger partial charge on any atom is 0.226 e. The summed E-state index contributed by atoms with van der Waals surface area (Å²) in [5.41, 5.74) is 2.52. The lowest BCUT2D eigenvalue weighted by atomic mass is 9.85. The van der Waals surface area contributed by atoms with Gasteiger partial charge in [-0.2, -0.15) is 9.78 Å². The molecule has 10 heteroatoms. The summed E-state index contributed by atoms with van der Waals surface area (Å²) in [6, 6.07) is 3.37. The molecule has 1 atom stereocenters. The topological polar surface area (TPSA) is 101 Å². The summed E-state index contributed by atoms with van der Waals surface area (Å²) >= 11 is 0. The second-order valence-electron chi connectivity index (χ2n) is 6.53. The summed E-state index contributed by atoms with van der Waals surface area (Å²) in [5, 5.41) is 7.32. The van der Waals surface area contributed by atoms with Gasteiger partial charge in [-0.05, 0) is 18.6 Å². The van der Waals surface area contributed by atoms with E-state index in [2.05, 4.69) is 30.4 Å². The summed E-state index contributed by atoms with van der Waals surface area (Å²) in [5.74, 6) is -1.44. The Bertz CT molecular complexity index is 1250. The van der Waals surface area contributed by atoms with E-state index in [-0.39, 0.29) is 17.9 Å². The molecule has 1 aliphatic rings. The first-order valence-electron chi connectivity index (χ1n) is 8.51. The molecule has 0 spiro atoms. The van der Waals surface area contributed by atoms with Gasteiger partial charge in [0.2, 0.25) is 5.91 Å². The lowest BCUT2D eigenvalue weighted by Gasteiger charge is -2.24. The Morgan fingerprint density at radius 3 is 2.89 bits per heavy atom. The summed E-state index contributed by atoms with van der Waals surface area (Å²) in [6.07, 6.45) is 2.87. The summed E-state index contributed by atoms with van der Waals surface area (Å²) in [4.78, 5) is 27.8. The first kappa shape index (κ1) is 16.5. The third-order valence-corrected chi connectivity index (χ3v) is 4.84. The van der Waals surface area contributed by atoms with Crippen LogP contribution in [0, 0.1) is 18.6 Å². The molecule has 0 saturated carbocycles. The molecule has 1 amide bonds. The van der Waals surface area contributed by atoms with Crippen LogP contribution >= 0.6 is 0 Å². The quantitative estimate of drug-likeness (QED) is 0.556. The number of H-pyrrole nitrogens is 1. The molecule has 5 rings (SSSR count). The lowest BCUT2D eigenvalue weighted by molar-refractivity contribution is -0.116. The number of halogens is 2. The number of hydrogen-bond acceptors (Lipinski definition) is 5. The zero-order valence-corrected chi connectivity index (χ0v) is 14.6. The van der Waals surface area contributed by atoms with Crippen LogP contribution in [0.3, 0.4) is 0 Å². The number of benzene rings is 1. The predicted molar refractivity (Wildman–Crippen MR) is 95.0 cm³/mol. The lowest BCUT2D eigenvalue weighted by Crippen LogP contribution is -2.25. The smallest absolute Gasteiger partial charge is 0.226 e. The average molecular weight is 381 g/mol. The summed E-state index contributed by atoms with van der Waals surface area (Å²) in [7, 11) is 0. The van der Waals surface area contributed by atoms with E-state index in [0.717, 1.165) is 6.07 Å². The molecule has 1 aliphatic heterocycles. The van der Waals surface area contributed by atoms with Crippen LogP contribution in [0.2, 0.25) is 0 Å². The van der Waals surface area contributed by atoms with Crippen LogP contribution in [0.25, 0.3) is 17.0 Å². The van der Waals surface area contributed by atoms with Gasteiger partial charge in [-0.25, -0.2) is 23.7 Å². The molecule has 0 saturated heterocycles. The van der Waals surface area contributed by atoms with Crippen molar-refractivity contribution in [2.24, 2.45) is 0 Å². The minimum atomic E-state index is -0.698. The number of nitrogens with one attached hydrogen (secondary N) is 2. The zero-order valence-electron chi connectivity index (χ0n) is 14.6. The molecule has 4 aromatic rings. The molecule has 4 heterocycles. The van der Waals surface area contributed by atoms with Crippen molar-refractivity contribution in [1.82, 2.24) is 29.7 Å². The van der Waals surface area contributed by atoms with Gasteiger partial charge in [0.05, 0.1) is 12.0 Å². The van der Waals surface area contributed by atoms with E-state index in [1.807, 2.05) is 0 Å². The van der Waals surface area contributed by atoms with E-state index in [1.54, 1.807) is 6.92 Å². The highest BCUT2D eigenvalue weighted by Crippen LogP contribution is 2.41. The fraction of sp³-hybridized carbons (Fsp3) is 0.167. The molecule has 0 aliphatic carbocycles. The van der Waals surface area contributed by atoms with Crippen molar-refractivity contribution in [3.8, 4) is 5.82 Å². The van der Waals surface area contributed by atoms with E-state index in [9.17, 15) is 13.6 Å². The Hall–Kier alpha value is -3.69. The second-order valence-corrected chi connectivity index (χ2v) is 6.53. The molecule has 1 aromatic carbocycles. The van der Waals surface area contributed by atoms with Gasteiger partial charge in [-0.15, -0.1) is 0 Å². The molecule has 8 nitrogen and oxygen atoms in total. The van der Waals surface area contributed by atoms with Crippen LogP contribution in [-0.4, -0.2) is 35.6 Å². The number of rotatable bonds is 2. The Balaban J connectivity index is 1.73. The van der Waals surface area contributed by atoms with Crippen molar-refractivity contribution in [3.05, 3.63) is 59.3 Å². The highest BCUT2D eigenvalue weighted by molar-refractivity contribution is 5.95. The SMILES string of the molecule is Cc1nn(-c2ncnc3nc[nH]c23)c2c1[C@H](c1ccc(F)cc1F)CC(=O)N2. The summed E-state index contributed by atoms with van der Waals surface area (Å²) in [6.45, 7) is 1.77. The van der Waals surface area contributed by atoms with E-state index in [4.69, 9.17) is 0 Å². The molecular formula is C18H13F2N7O. The molecule has 140 valence electrons. The van der Waals surface area contributed by atoms with Crippen molar-refractivity contribution in [2.75, 3.05) is 5.32 Å². The highest BCUT2D eigenvalue weighted by atomic mass is 19.1. The van der Waals surface area contributed by atoms with Crippen LogP contribution < -0.4 is 5.32 Å². The number of hydrogen-bond donors (Lipinski definition) is 2.